The Morgan fingerprint density at radius 1 is 1.22 bits per heavy atom. The number of nitrogens with zero attached hydrogens (tertiary/aromatic N) is 2. The lowest BCUT2D eigenvalue weighted by Gasteiger charge is -1.98. The van der Waals surface area contributed by atoms with Crippen LogP contribution in [0.15, 0.2) is 33.6 Å². The summed E-state index contributed by atoms with van der Waals surface area (Å²) in [6.45, 7) is 3.71. The van der Waals surface area contributed by atoms with Crippen molar-refractivity contribution in [2.45, 2.75) is 24.8 Å². The largest absolute Gasteiger partial charge is 0.419 e. The molecule has 0 atom stereocenters. The fraction of sp³-hybridized carbons (Fsp3) is 0.385. The molecule has 0 fully saturated rings. The summed E-state index contributed by atoms with van der Waals surface area (Å²) < 4.78 is 5.60. The molecule has 0 spiro atoms. The number of hydrogen-bond donors (Lipinski definition) is 1. The summed E-state index contributed by atoms with van der Waals surface area (Å²) in [5, 5.41) is 11.3. The third-order valence-corrected chi connectivity index (χ3v) is 3.25. The van der Waals surface area contributed by atoms with Gasteiger partial charge in [0.2, 0.25) is 11.8 Å². The normalized spacial score (nSPS) is 10.8. The van der Waals surface area contributed by atoms with Gasteiger partial charge in [0.15, 0.2) is 0 Å². The summed E-state index contributed by atoms with van der Waals surface area (Å²) >= 11 is 1.71. The zero-order valence-corrected chi connectivity index (χ0v) is 11.5. The van der Waals surface area contributed by atoms with E-state index in [0.29, 0.717) is 18.3 Å². The van der Waals surface area contributed by atoms with Crippen molar-refractivity contribution in [3.63, 3.8) is 0 Å². The Labute approximate surface area is 111 Å². The van der Waals surface area contributed by atoms with Gasteiger partial charge in [-0.15, -0.1) is 22.0 Å². The number of hydrogen-bond acceptors (Lipinski definition) is 5. The maximum atomic E-state index is 5.60. The molecule has 2 aromatic rings. The van der Waals surface area contributed by atoms with E-state index in [1.165, 1.54) is 4.90 Å². The number of nitrogens with one attached hydrogen (secondary N) is 1. The minimum Gasteiger partial charge on any atom is -0.419 e. The predicted molar refractivity (Wildman–Crippen MR) is 73.5 cm³/mol. The fourth-order valence-corrected chi connectivity index (χ4v) is 1.96. The first-order valence-electron chi connectivity index (χ1n) is 6.01. The van der Waals surface area contributed by atoms with E-state index < -0.39 is 0 Å². The molecule has 0 radical (unpaired) electrons. The first kappa shape index (κ1) is 13.1. The van der Waals surface area contributed by atoms with Gasteiger partial charge in [-0.05, 0) is 43.5 Å². The summed E-state index contributed by atoms with van der Waals surface area (Å²) in [6.07, 6.45) is 3.15. The van der Waals surface area contributed by atoms with Crippen LogP contribution in [0.3, 0.4) is 0 Å². The lowest BCUT2D eigenvalue weighted by molar-refractivity contribution is 0.477. The van der Waals surface area contributed by atoms with Crippen LogP contribution in [0.2, 0.25) is 0 Å². The summed E-state index contributed by atoms with van der Waals surface area (Å²) in [7, 11) is 0. The topological polar surface area (TPSA) is 51.0 Å². The van der Waals surface area contributed by atoms with Crippen LogP contribution in [0.5, 0.6) is 0 Å². The van der Waals surface area contributed by atoms with E-state index in [2.05, 4.69) is 40.8 Å². The number of benzene rings is 1. The van der Waals surface area contributed by atoms with Crippen molar-refractivity contribution in [2.75, 3.05) is 12.8 Å². The molecule has 0 bridgehead atoms. The standard InChI is InChI=1S/C13H17N3OS/c1-3-8-14-9-12-15-16-13(17-12)10-4-6-11(18-2)7-5-10/h4-7,14H,3,8-9H2,1-2H3. The molecule has 0 amide bonds. The molecule has 4 nitrogen and oxygen atoms in total. The highest BCUT2D eigenvalue weighted by molar-refractivity contribution is 7.98. The zero-order chi connectivity index (χ0) is 12.8. The van der Waals surface area contributed by atoms with E-state index >= 15 is 0 Å². The van der Waals surface area contributed by atoms with Crippen molar-refractivity contribution in [1.29, 1.82) is 0 Å². The van der Waals surface area contributed by atoms with E-state index in [0.717, 1.165) is 18.5 Å². The molecule has 96 valence electrons. The van der Waals surface area contributed by atoms with E-state index in [4.69, 9.17) is 4.42 Å². The van der Waals surface area contributed by atoms with Crippen LogP contribution >= 0.6 is 11.8 Å². The van der Waals surface area contributed by atoms with Crippen LogP contribution in [0.4, 0.5) is 0 Å². The first-order chi connectivity index (χ1) is 8.83. The SMILES string of the molecule is CCCNCc1nnc(-c2ccc(SC)cc2)o1. The van der Waals surface area contributed by atoms with Crippen molar-refractivity contribution in [1.82, 2.24) is 15.5 Å². The van der Waals surface area contributed by atoms with Gasteiger partial charge in [0, 0.05) is 10.5 Å². The number of rotatable bonds is 6. The van der Waals surface area contributed by atoms with Crippen molar-refractivity contribution < 1.29 is 4.42 Å². The zero-order valence-electron chi connectivity index (χ0n) is 10.6. The molecule has 0 saturated carbocycles. The summed E-state index contributed by atoms with van der Waals surface area (Å²) in [5.41, 5.74) is 0.960. The molecule has 1 heterocycles. The predicted octanol–water partition coefficient (Wildman–Crippen LogP) is 2.96. The van der Waals surface area contributed by atoms with E-state index in [-0.39, 0.29) is 0 Å². The fourth-order valence-electron chi connectivity index (χ4n) is 1.55. The Kier molecular flexibility index (Phi) is 4.78. The maximum Gasteiger partial charge on any atom is 0.247 e. The van der Waals surface area contributed by atoms with Crippen LogP contribution in [-0.2, 0) is 6.54 Å². The van der Waals surface area contributed by atoms with Gasteiger partial charge in [0.25, 0.3) is 0 Å². The molecule has 2 rings (SSSR count). The molecule has 0 aliphatic carbocycles. The molecule has 18 heavy (non-hydrogen) atoms. The Hall–Kier alpha value is -1.33. The highest BCUT2D eigenvalue weighted by atomic mass is 32.2. The smallest absolute Gasteiger partial charge is 0.247 e. The molecule has 0 unspecified atom stereocenters. The van der Waals surface area contributed by atoms with Gasteiger partial charge in [-0.3, -0.25) is 0 Å². The first-order valence-corrected chi connectivity index (χ1v) is 7.23. The molecule has 5 heteroatoms. The van der Waals surface area contributed by atoms with E-state index in [1.54, 1.807) is 11.8 Å². The average Bonchev–Trinajstić information content (AvgIpc) is 2.88. The van der Waals surface area contributed by atoms with Gasteiger partial charge < -0.3 is 9.73 Å². The van der Waals surface area contributed by atoms with Gasteiger partial charge in [-0.1, -0.05) is 6.92 Å². The third-order valence-electron chi connectivity index (χ3n) is 2.51. The van der Waals surface area contributed by atoms with Crippen LogP contribution < -0.4 is 5.32 Å². The van der Waals surface area contributed by atoms with Crippen LogP contribution in [0.1, 0.15) is 19.2 Å². The minimum atomic E-state index is 0.580. The second kappa shape index (κ2) is 6.56. The van der Waals surface area contributed by atoms with Crippen LogP contribution in [-0.4, -0.2) is 23.0 Å². The third kappa shape index (κ3) is 3.34. The van der Waals surface area contributed by atoms with E-state index in [9.17, 15) is 0 Å². The van der Waals surface area contributed by atoms with Crippen LogP contribution in [0.25, 0.3) is 11.5 Å². The Morgan fingerprint density at radius 2 is 2.00 bits per heavy atom. The monoisotopic (exact) mass is 263 g/mol. The Bertz CT molecular complexity index is 481. The highest BCUT2D eigenvalue weighted by Gasteiger charge is 2.07. The number of thioether (sulfide) groups is 1. The quantitative estimate of drug-likeness (QED) is 0.641. The summed E-state index contributed by atoms with van der Waals surface area (Å²) in [4.78, 5) is 1.23. The highest BCUT2D eigenvalue weighted by Crippen LogP contribution is 2.21. The molecule has 0 saturated heterocycles. The van der Waals surface area contributed by atoms with Crippen molar-refractivity contribution in [2.24, 2.45) is 0 Å². The molecular weight excluding hydrogens is 246 g/mol. The van der Waals surface area contributed by atoms with Crippen molar-refractivity contribution in [3.05, 3.63) is 30.2 Å². The Balaban J connectivity index is 2.04. The maximum absolute atomic E-state index is 5.60. The van der Waals surface area contributed by atoms with Crippen molar-refractivity contribution >= 4 is 11.8 Å². The molecule has 1 N–H and O–H groups in total. The lowest BCUT2D eigenvalue weighted by atomic mass is 10.2. The Morgan fingerprint density at radius 3 is 2.67 bits per heavy atom. The molecule has 1 aromatic heterocycles. The van der Waals surface area contributed by atoms with Crippen LogP contribution in [0, 0.1) is 0 Å². The number of aromatic nitrogens is 2. The molecule has 0 aliphatic heterocycles. The second-order valence-electron chi connectivity index (χ2n) is 3.91. The summed E-state index contributed by atoms with van der Waals surface area (Å²) in [5.74, 6) is 1.21. The molecule has 0 aliphatic rings. The van der Waals surface area contributed by atoms with Gasteiger partial charge in [0.05, 0.1) is 6.54 Å². The molecule has 1 aromatic carbocycles. The van der Waals surface area contributed by atoms with Gasteiger partial charge in [0.1, 0.15) is 0 Å². The van der Waals surface area contributed by atoms with Gasteiger partial charge >= 0.3 is 0 Å². The lowest BCUT2D eigenvalue weighted by Crippen LogP contribution is -2.13. The average molecular weight is 263 g/mol. The van der Waals surface area contributed by atoms with Gasteiger partial charge in [-0.25, -0.2) is 0 Å². The molecular formula is C13H17N3OS. The summed E-state index contributed by atoms with van der Waals surface area (Å²) in [6, 6.07) is 8.11. The van der Waals surface area contributed by atoms with Gasteiger partial charge in [-0.2, -0.15) is 0 Å². The van der Waals surface area contributed by atoms with Crippen molar-refractivity contribution in [3.8, 4) is 11.5 Å². The second-order valence-corrected chi connectivity index (χ2v) is 4.79. The minimum absolute atomic E-state index is 0.580. The van der Waals surface area contributed by atoms with E-state index in [1.807, 2.05) is 12.1 Å².